The fourth-order valence-electron chi connectivity index (χ4n) is 2.35. The van der Waals surface area contributed by atoms with E-state index in [0.29, 0.717) is 12.2 Å². The summed E-state index contributed by atoms with van der Waals surface area (Å²) in [6, 6.07) is 7.43. The first-order chi connectivity index (χ1) is 12.4. The third kappa shape index (κ3) is 7.68. The lowest BCUT2D eigenvalue weighted by Crippen LogP contribution is -2.44. The van der Waals surface area contributed by atoms with Gasteiger partial charge in [-0.1, -0.05) is 44.9 Å². The molecule has 0 unspecified atom stereocenters. The zero-order chi connectivity index (χ0) is 19.5. The normalized spacial score (nSPS) is 11.5. The predicted octanol–water partition coefficient (Wildman–Crippen LogP) is 2.72. The molecule has 0 saturated heterocycles. The van der Waals surface area contributed by atoms with Crippen molar-refractivity contribution in [1.82, 2.24) is 10.2 Å². The van der Waals surface area contributed by atoms with Crippen molar-refractivity contribution in [1.29, 1.82) is 0 Å². The van der Waals surface area contributed by atoms with Crippen molar-refractivity contribution in [3.8, 4) is 0 Å². The fraction of sp³-hybridized carbons (Fsp3) is 0.550. The van der Waals surface area contributed by atoms with Crippen LogP contribution in [0.3, 0.4) is 0 Å². The van der Waals surface area contributed by atoms with Crippen LogP contribution < -0.4 is 10.6 Å². The second kappa shape index (κ2) is 11.3. The molecular formula is C20H31N3O3. The quantitative estimate of drug-likeness (QED) is 0.672. The van der Waals surface area contributed by atoms with Crippen LogP contribution in [0.4, 0.5) is 5.69 Å². The predicted molar refractivity (Wildman–Crippen MR) is 104 cm³/mol. The number of carbonyl (C=O) groups is 3. The van der Waals surface area contributed by atoms with Crippen molar-refractivity contribution in [3.05, 3.63) is 29.8 Å². The molecule has 0 aliphatic rings. The number of anilines is 1. The van der Waals surface area contributed by atoms with Gasteiger partial charge in [0.15, 0.2) is 0 Å². The van der Waals surface area contributed by atoms with E-state index in [0.717, 1.165) is 24.8 Å². The molecule has 1 atom stereocenters. The summed E-state index contributed by atoms with van der Waals surface area (Å²) < 4.78 is 0. The Hall–Kier alpha value is -2.37. The van der Waals surface area contributed by atoms with Gasteiger partial charge >= 0.3 is 0 Å². The van der Waals surface area contributed by atoms with E-state index >= 15 is 0 Å². The maximum absolute atomic E-state index is 12.4. The van der Waals surface area contributed by atoms with Gasteiger partial charge in [-0.25, -0.2) is 0 Å². The summed E-state index contributed by atoms with van der Waals surface area (Å²) in [6.07, 6.45) is 2.54. The Labute approximate surface area is 156 Å². The van der Waals surface area contributed by atoms with Crippen molar-refractivity contribution < 1.29 is 14.4 Å². The van der Waals surface area contributed by atoms with Crippen molar-refractivity contribution >= 4 is 23.4 Å². The van der Waals surface area contributed by atoms with E-state index in [-0.39, 0.29) is 36.7 Å². The lowest BCUT2D eigenvalue weighted by Gasteiger charge is -2.24. The van der Waals surface area contributed by atoms with Crippen LogP contribution in [0.25, 0.3) is 0 Å². The van der Waals surface area contributed by atoms with Crippen LogP contribution in [-0.2, 0) is 14.4 Å². The number of hydrogen-bond acceptors (Lipinski definition) is 3. The van der Waals surface area contributed by atoms with Crippen molar-refractivity contribution in [3.63, 3.8) is 0 Å². The Morgan fingerprint density at radius 3 is 2.31 bits per heavy atom. The van der Waals surface area contributed by atoms with Crippen LogP contribution in [0.2, 0.25) is 0 Å². The number of amides is 3. The Morgan fingerprint density at radius 1 is 1.08 bits per heavy atom. The first kappa shape index (κ1) is 21.7. The average Bonchev–Trinajstić information content (AvgIpc) is 2.64. The third-order valence-electron chi connectivity index (χ3n) is 4.24. The minimum Gasteiger partial charge on any atom is -0.345 e. The van der Waals surface area contributed by atoms with Gasteiger partial charge in [-0.15, -0.1) is 0 Å². The molecule has 26 heavy (non-hydrogen) atoms. The van der Waals surface area contributed by atoms with Gasteiger partial charge in [-0.05, 0) is 31.9 Å². The summed E-state index contributed by atoms with van der Waals surface area (Å²) in [4.78, 5) is 38.1. The second-order valence-corrected chi connectivity index (χ2v) is 6.61. The third-order valence-corrected chi connectivity index (χ3v) is 4.24. The molecule has 2 N–H and O–H groups in total. The molecule has 0 radical (unpaired) electrons. The van der Waals surface area contributed by atoms with Crippen molar-refractivity contribution in [2.75, 3.05) is 25.0 Å². The van der Waals surface area contributed by atoms with Crippen LogP contribution in [0.1, 0.15) is 45.6 Å². The standard InChI is InChI=1S/C20H31N3O3/c1-5-7-12-23(20(26)16(4)6-2)14-19(25)21-13-18(24)22-17-10-8-15(3)9-11-17/h8-11,16H,5-7,12-14H2,1-4H3,(H,21,25)(H,22,24)/t16-/m1/s1. The summed E-state index contributed by atoms with van der Waals surface area (Å²) in [5.41, 5.74) is 1.79. The maximum Gasteiger partial charge on any atom is 0.243 e. The van der Waals surface area contributed by atoms with Gasteiger partial charge in [0.2, 0.25) is 17.7 Å². The SMILES string of the molecule is CCCCN(CC(=O)NCC(=O)Nc1ccc(C)cc1)C(=O)[C@H](C)CC. The number of nitrogens with one attached hydrogen (secondary N) is 2. The highest BCUT2D eigenvalue weighted by Crippen LogP contribution is 2.09. The van der Waals surface area contributed by atoms with Gasteiger partial charge in [0.25, 0.3) is 0 Å². The van der Waals surface area contributed by atoms with Gasteiger partial charge in [-0.3, -0.25) is 14.4 Å². The van der Waals surface area contributed by atoms with Gasteiger partial charge in [-0.2, -0.15) is 0 Å². The topological polar surface area (TPSA) is 78.5 Å². The van der Waals surface area contributed by atoms with Crippen LogP contribution in [0, 0.1) is 12.8 Å². The number of hydrogen-bond donors (Lipinski definition) is 2. The highest BCUT2D eigenvalue weighted by atomic mass is 16.2. The Morgan fingerprint density at radius 2 is 1.73 bits per heavy atom. The molecular weight excluding hydrogens is 330 g/mol. The maximum atomic E-state index is 12.4. The zero-order valence-electron chi connectivity index (χ0n) is 16.3. The monoisotopic (exact) mass is 361 g/mol. The number of aryl methyl sites for hydroxylation is 1. The number of unbranched alkanes of at least 4 members (excludes halogenated alkanes) is 1. The molecule has 0 bridgehead atoms. The minimum absolute atomic E-state index is 0.0129. The molecule has 0 heterocycles. The molecule has 6 nitrogen and oxygen atoms in total. The van der Waals surface area contributed by atoms with E-state index < -0.39 is 0 Å². The van der Waals surface area contributed by atoms with Crippen molar-refractivity contribution in [2.45, 2.75) is 47.0 Å². The second-order valence-electron chi connectivity index (χ2n) is 6.61. The molecule has 6 heteroatoms. The van der Waals surface area contributed by atoms with E-state index in [1.54, 1.807) is 4.90 Å². The molecule has 1 rings (SSSR count). The van der Waals surface area contributed by atoms with Crippen LogP contribution >= 0.6 is 0 Å². The van der Waals surface area contributed by atoms with E-state index in [4.69, 9.17) is 0 Å². The molecule has 0 aliphatic carbocycles. The molecule has 144 valence electrons. The number of benzene rings is 1. The lowest BCUT2D eigenvalue weighted by molar-refractivity contribution is -0.139. The largest absolute Gasteiger partial charge is 0.345 e. The van der Waals surface area contributed by atoms with Gasteiger partial charge in [0.05, 0.1) is 13.1 Å². The van der Waals surface area contributed by atoms with Crippen LogP contribution in [-0.4, -0.2) is 42.3 Å². The molecule has 0 aliphatic heterocycles. The van der Waals surface area contributed by atoms with E-state index in [1.807, 2.05) is 52.0 Å². The lowest BCUT2D eigenvalue weighted by atomic mass is 10.1. The number of carbonyl (C=O) groups excluding carboxylic acids is 3. The highest BCUT2D eigenvalue weighted by molar-refractivity contribution is 5.95. The summed E-state index contributed by atoms with van der Waals surface area (Å²) >= 11 is 0. The Kier molecular flexibility index (Phi) is 9.41. The number of rotatable bonds is 10. The van der Waals surface area contributed by atoms with Crippen molar-refractivity contribution in [2.24, 2.45) is 5.92 Å². The summed E-state index contributed by atoms with van der Waals surface area (Å²) in [7, 11) is 0. The molecule has 1 aromatic rings. The van der Waals surface area contributed by atoms with E-state index in [2.05, 4.69) is 10.6 Å². The van der Waals surface area contributed by atoms with Crippen LogP contribution in [0.5, 0.6) is 0 Å². The molecule has 3 amide bonds. The highest BCUT2D eigenvalue weighted by Gasteiger charge is 2.21. The van der Waals surface area contributed by atoms with Gasteiger partial charge in [0, 0.05) is 18.2 Å². The summed E-state index contributed by atoms with van der Waals surface area (Å²) in [5.74, 6) is -0.739. The zero-order valence-corrected chi connectivity index (χ0v) is 16.3. The summed E-state index contributed by atoms with van der Waals surface area (Å²) in [6.45, 7) is 8.26. The first-order valence-electron chi connectivity index (χ1n) is 9.29. The molecule has 0 saturated carbocycles. The fourth-order valence-corrected chi connectivity index (χ4v) is 2.35. The van der Waals surface area contributed by atoms with E-state index in [1.165, 1.54) is 0 Å². The first-order valence-corrected chi connectivity index (χ1v) is 9.29. The van der Waals surface area contributed by atoms with Crippen LogP contribution in [0.15, 0.2) is 24.3 Å². The van der Waals surface area contributed by atoms with E-state index in [9.17, 15) is 14.4 Å². The average molecular weight is 361 g/mol. The summed E-state index contributed by atoms with van der Waals surface area (Å²) in [5, 5.41) is 5.32. The molecule has 0 aromatic heterocycles. The van der Waals surface area contributed by atoms with Gasteiger partial charge in [0.1, 0.15) is 0 Å². The Balaban J connectivity index is 2.49. The molecule has 0 fully saturated rings. The molecule has 1 aromatic carbocycles. The molecule has 0 spiro atoms. The van der Waals surface area contributed by atoms with Gasteiger partial charge < -0.3 is 15.5 Å². The smallest absolute Gasteiger partial charge is 0.243 e. The minimum atomic E-state index is -0.322. The Bertz CT molecular complexity index is 599. The number of nitrogens with zero attached hydrogens (tertiary/aromatic N) is 1.